The maximum atomic E-state index is 11.7. The molecule has 0 bridgehead atoms. The second kappa shape index (κ2) is 13.8. The predicted molar refractivity (Wildman–Crippen MR) is 98.0 cm³/mol. The Morgan fingerprint density at radius 1 is 1.23 bits per heavy atom. The van der Waals surface area contributed by atoms with Crippen LogP contribution in [0.4, 0.5) is 0 Å². The van der Waals surface area contributed by atoms with Gasteiger partial charge in [-0.3, -0.25) is 4.79 Å². The fourth-order valence-corrected chi connectivity index (χ4v) is 2.11. The van der Waals surface area contributed by atoms with Crippen LogP contribution in [0.1, 0.15) is 18.9 Å². The van der Waals surface area contributed by atoms with Gasteiger partial charge in [0.2, 0.25) is 5.91 Å². The highest BCUT2D eigenvalue weighted by Crippen LogP contribution is 2.02. The topological polar surface area (TPSA) is 44.4 Å². The molecule has 1 rings (SSSR count). The van der Waals surface area contributed by atoms with Crippen molar-refractivity contribution in [2.75, 3.05) is 33.7 Å². The van der Waals surface area contributed by atoms with E-state index in [0.717, 1.165) is 32.6 Å². The summed E-state index contributed by atoms with van der Waals surface area (Å²) >= 11 is 0. The van der Waals surface area contributed by atoms with Crippen molar-refractivity contribution in [2.24, 2.45) is 5.92 Å². The third kappa shape index (κ3) is 10.0. The molecule has 1 aromatic rings. The summed E-state index contributed by atoms with van der Waals surface area (Å²) in [6.07, 6.45) is 0.974. The lowest BCUT2D eigenvalue weighted by Crippen LogP contribution is -2.35. The lowest BCUT2D eigenvalue weighted by molar-refractivity contribution is -0.124. The minimum Gasteiger partial charge on any atom is -0.356 e. The number of carbonyl (C=O) groups is 1. The van der Waals surface area contributed by atoms with Gasteiger partial charge in [-0.05, 0) is 32.6 Å². The lowest BCUT2D eigenvalue weighted by Gasteiger charge is -2.17. The highest BCUT2D eigenvalue weighted by atomic mass is 35.5. The molecule has 1 aromatic carbocycles. The molecule has 0 saturated heterocycles. The molecule has 2 N–H and O–H groups in total. The average Bonchev–Trinajstić information content (AvgIpc) is 2.44. The minimum absolute atomic E-state index is 0. The van der Waals surface area contributed by atoms with Crippen molar-refractivity contribution in [3.63, 3.8) is 0 Å². The van der Waals surface area contributed by atoms with E-state index in [1.807, 2.05) is 20.0 Å². The summed E-state index contributed by atoms with van der Waals surface area (Å²) in [4.78, 5) is 14.0. The zero-order chi connectivity index (χ0) is 14.8. The summed E-state index contributed by atoms with van der Waals surface area (Å²) in [6, 6.07) is 10.4. The number of hydrogen-bond acceptors (Lipinski definition) is 3. The Balaban J connectivity index is 0. The molecule has 6 heteroatoms. The molecule has 1 amide bonds. The molecule has 0 spiro atoms. The molecule has 0 aromatic heterocycles. The molecule has 0 aliphatic carbocycles. The third-order valence-corrected chi connectivity index (χ3v) is 3.27. The molecule has 0 heterocycles. The molecular weight excluding hydrogens is 321 g/mol. The van der Waals surface area contributed by atoms with Crippen LogP contribution in [0.15, 0.2) is 30.3 Å². The number of benzene rings is 1. The molecule has 0 fully saturated rings. The Morgan fingerprint density at radius 2 is 1.86 bits per heavy atom. The second-order valence-corrected chi connectivity index (χ2v) is 5.33. The first-order valence-electron chi connectivity index (χ1n) is 7.28. The summed E-state index contributed by atoms with van der Waals surface area (Å²) in [6.45, 7) is 5.33. The first kappa shape index (κ1) is 23.5. The van der Waals surface area contributed by atoms with Gasteiger partial charge < -0.3 is 15.5 Å². The molecule has 4 nitrogen and oxygen atoms in total. The lowest BCUT2D eigenvalue weighted by atomic mass is 10.1. The highest BCUT2D eigenvalue weighted by Gasteiger charge is 2.10. The van der Waals surface area contributed by atoms with E-state index in [1.165, 1.54) is 5.56 Å². The first-order chi connectivity index (χ1) is 9.63. The Labute approximate surface area is 146 Å². The van der Waals surface area contributed by atoms with E-state index >= 15 is 0 Å². The molecule has 0 saturated carbocycles. The molecule has 22 heavy (non-hydrogen) atoms. The Hall–Kier alpha value is -0.810. The molecule has 0 aliphatic heterocycles. The van der Waals surface area contributed by atoms with Crippen LogP contribution in [0.2, 0.25) is 0 Å². The van der Waals surface area contributed by atoms with Crippen molar-refractivity contribution in [1.82, 2.24) is 15.5 Å². The van der Waals surface area contributed by atoms with Crippen molar-refractivity contribution in [3.05, 3.63) is 35.9 Å². The number of nitrogens with zero attached hydrogens (tertiary/aromatic N) is 1. The predicted octanol–water partition coefficient (Wildman–Crippen LogP) is 2.32. The van der Waals surface area contributed by atoms with Crippen molar-refractivity contribution in [3.8, 4) is 0 Å². The number of nitrogens with one attached hydrogen (secondary N) is 2. The van der Waals surface area contributed by atoms with Crippen LogP contribution in [0.5, 0.6) is 0 Å². The summed E-state index contributed by atoms with van der Waals surface area (Å²) in [5.74, 6) is 0.159. The highest BCUT2D eigenvalue weighted by molar-refractivity contribution is 5.85. The summed E-state index contributed by atoms with van der Waals surface area (Å²) in [5.41, 5.74) is 1.32. The van der Waals surface area contributed by atoms with Gasteiger partial charge in [-0.15, -0.1) is 24.8 Å². The van der Waals surface area contributed by atoms with E-state index in [2.05, 4.69) is 46.8 Å². The zero-order valence-electron chi connectivity index (χ0n) is 13.7. The van der Waals surface area contributed by atoms with Gasteiger partial charge in [0.05, 0.1) is 0 Å². The average molecular weight is 350 g/mol. The third-order valence-electron chi connectivity index (χ3n) is 3.27. The quantitative estimate of drug-likeness (QED) is 0.672. The molecule has 0 aliphatic rings. The number of hydrogen-bond donors (Lipinski definition) is 2. The zero-order valence-corrected chi connectivity index (χ0v) is 15.3. The normalized spacial score (nSPS) is 11.3. The standard InChI is InChI=1S/C16H27N3O.2ClH/c1-14(12-17-2)16(20)18-10-7-11-19(3)13-15-8-5-4-6-9-15;;/h4-6,8-9,14,17H,7,10-13H2,1-3H3,(H,18,20);2*1H. The number of rotatable bonds is 9. The van der Waals surface area contributed by atoms with E-state index in [0.29, 0.717) is 0 Å². The van der Waals surface area contributed by atoms with Crippen LogP contribution < -0.4 is 10.6 Å². The van der Waals surface area contributed by atoms with E-state index < -0.39 is 0 Å². The Kier molecular flexibility index (Phi) is 14.7. The van der Waals surface area contributed by atoms with Crippen LogP contribution in [0.25, 0.3) is 0 Å². The first-order valence-corrected chi connectivity index (χ1v) is 7.28. The van der Waals surface area contributed by atoms with Crippen molar-refractivity contribution in [1.29, 1.82) is 0 Å². The van der Waals surface area contributed by atoms with Crippen molar-refractivity contribution < 1.29 is 4.79 Å². The summed E-state index contributed by atoms with van der Waals surface area (Å²) in [5, 5.41) is 6.00. The van der Waals surface area contributed by atoms with E-state index in [1.54, 1.807) is 0 Å². The van der Waals surface area contributed by atoms with Crippen molar-refractivity contribution >= 4 is 30.7 Å². The van der Waals surface area contributed by atoms with Crippen LogP contribution in [-0.4, -0.2) is 44.5 Å². The monoisotopic (exact) mass is 349 g/mol. The Bertz CT molecular complexity index is 390. The SMILES string of the molecule is CNCC(C)C(=O)NCCCN(C)Cc1ccccc1.Cl.Cl. The van der Waals surface area contributed by atoms with Gasteiger partial charge in [0.25, 0.3) is 0 Å². The van der Waals surface area contributed by atoms with Gasteiger partial charge >= 0.3 is 0 Å². The molecule has 1 atom stereocenters. The largest absolute Gasteiger partial charge is 0.356 e. The summed E-state index contributed by atoms with van der Waals surface area (Å²) < 4.78 is 0. The summed E-state index contributed by atoms with van der Waals surface area (Å²) in [7, 11) is 3.97. The minimum atomic E-state index is 0. The van der Waals surface area contributed by atoms with Crippen LogP contribution in [0.3, 0.4) is 0 Å². The molecule has 0 radical (unpaired) electrons. The maximum Gasteiger partial charge on any atom is 0.224 e. The van der Waals surface area contributed by atoms with Gasteiger partial charge in [0, 0.05) is 25.6 Å². The fourth-order valence-electron chi connectivity index (χ4n) is 2.11. The van der Waals surface area contributed by atoms with Gasteiger partial charge in [-0.25, -0.2) is 0 Å². The maximum absolute atomic E-state index is 11.7. The Morgan fingerprint density at radius 3 is 2.45 bits per heavy atom. The van der Waals surface area contributed by atoms with Gasteiger partial charge in [0.15, 0.2) is 0 Å². The van der Waals surface area contributed by atoms with Gasteiger partial charge in [-0.2, -0.15) is 0 Å². The molecular formula is C16H29Cl2N3O. The number of amides is 1. The van der Waals surface area contributed by atoms with Gasteiger partial charge in [0.1, 0.15) is 0 Å². The van der Waals surface area contributed by atoms with Crippen molar-refractivity contribution in [2.45, 2.75) is 19.9 Å². The molecule has 1 unspecified atom stereocenters. The molecule has 128 valence electrons. The van der Waals surface area contributed by atoms with Gasteiger partial charge in [-0.1, -0.05) is 37.3 Å². The van der Waals surface area contributed by atoms with E-state index in [-0.39, 0.29) is 36.6 Å². The fraction of sp³-hybridized carbons (Fsp3) is 0.562. The second-order valence-electron chi connectivity index (χ2n) is 5.33. The van der Waals surface area contributed by atoms with Crippen LogP contribution >= 0.6 is 24.8 Å². The van der Waals surface area contributed by atoms with E-state index in [4.69, 9.17) is 0 Å². The number of carbonyl (C=O) groups excluding carboxylic acids is 1. The van der Waals surface area contributed by atoms with Crippen LogP contribution in [0, 0.1) is 5.92 Å². The van der Waals surface area contributed by atoms with E-state index in [9.17, 15) is 4.79 Å². The van der Waals surface area contributed by atoms with Crippen LogP contribution in [-0.2, 0) is 11.3 Å². The smallest absolute Gasteiger partial charge is 0.224 e. The number of halogens is 2.